The van der Waals surface area contributed by atoms with Gasteiger partial charge in [-0.25, -0.2) is 8.78 Å². The van der Waals surface area contributed by atoms with E-state index in [1.165, 1.54) is 10.9 Å². The molecule has 7 heteroatoms. The van der Waals surface area contributed by atoms with E-state index >= 15 is 0 Å². The first-order valence-corrected chi connectivity index (χ1v) is 4.26. The molecule has 0 atom stereocenters. The molecule has 1 aromatic rings. The van der Waals surface area contributed by atoms with Crippen LogP contribution in [0.25, 0.3) is 0 Å². The Labute approximate surface area is 84.7 Å². The average Bonchev–Trinajstić information content (AvgIpc) is 2.68. The highest BCUT2D eigenvalue weighted by molar-refractivity contribution is 5.75. The Morgan fingerprint density at radius 2 is 2.33 bits per heavy atom. The molecule has 84 valence electrons. The van der Waals surface area contributed by atoms with Crippen LogP contribution in [-0.4, -0.2) is 39.9 Å². The lowest BCUT2D eigenvalue weighted by atomic mass is 10.3. The monoisotopic (exact) mass is 219 g/mol. The first-order valence-electron chi connectivity index (χ1n) is 4.26. The van der Waals surface area contributed by atoms with Crippen LogP contribution < -0.4 is 5.32 Å². The topological polar surface area (TPSA) is 67.2 Å². The van der Waals surface area contributed by atoms with E-state index < -0.39 is 25.0 Å². The van der Waals surface area contributed by atoms with Gasteiger partial charge in [0.25, 0.3) is 5.92 Å². The molecule has 0 aliphatic heterocycles. The molecule has 1 amide bonds. The highest BCUT2D eigenvalue weighted by Gasteiger charge is 2.28. The summed E-state index contributed by atoms with van der Waals surface area (Å²) in [5.74, 6) is -3.86. The van der Waals surface area contributed by atoms with Crippen molar-refractivity contribution in [3.63, 3.8) is 0 Å². The second kappa shape index (κ2) is 4.83. The number of nitrogens with zero attached hydrogens (tertiary/aromatic N) is 2. The van der Waals surface area contributed by atoms with Gasteiger partial charge in [-0.1, -0.05) is 0 Å². The molecule has 0 radical (unpaired) electrons. The number of carbonyl (C=O) groups is 1. The molecule has 0 fully saturated rings. The molecule has 0 saturated carbocycles. The molecule has 2 N–H and O–H groups in total. The Morgan fingerprint density at radius 1 is 1.60 bits per heavy atom. The SMILES string of the molecule is O=C(Cn1cccn1)NCC(F)(F)CO. The molecule has 0 unspecified atom stereocenters. The maximum atomic E-state index is 12.5. The van der Waals surface area contributed by atoms with Gasteiger partial charge in [0.15, 0.2) is 0 Å². The molecular weight excluding hydrogens is 208 g/mol. The number of aliphatic hydroxyl groups excluding tert-OH is 1. The molecular formula is C8H11F2N3O2. The number of aliphatic hydroxyl groups is 1. The molecule has 1 aromatic heterocycles. The predicted molar refractivity (Wildman–Crippen MR) is 47.3 cm³/mol. The van der Waals surface area contributed by atoms with Gasteiger partial charge in [0.1, 0.15) is 13.2 Å². The van der Waals surface area contributed by atoms with Crippen molar-refractivity contribution in [2.45, 2.75) is 12.5 Å². The fraction of sp³-hybridized carbons (Fsp3) is 0.500. The van der Waals surface area contributed by atoms with E-state index in [4.69, 9.17) is 5.11 Å². The van der Waals surface area contributed by atoms with E-state index in [1.807, 2.05) is 5.32 Å². The van der Waals surface area contributed by atoms with Crippen molar-refractivity contribution in [3.8, 4) is 0 Å². The van der Waals surface area contributed by atoms with Crippen LogP contribution in [0.3, 0.4) is 0 Å². The number of hydrogen-bond donors (Lipinski definition) is 2. The minimum atomic E-state index is -3.28. The first kappa shape index (κ1) is 11.6. The quantitative estimate of drug-likeness (QED) is 0.709. The van der Waals surface area contributed by atoms with E-state index in [1.54, 1.807) is 12.3 Å². The first-order chi connectivity index (χ1) is 7.03. The highest BCUT2D eigenvalue weighted by Crippen LogP contribution is 2.09. The highest BCUT2D eigenvalue weighted by atomic mass is 19.3. The summed E-state index contributed by atoms with van der Waals surface area (Å²) < 4.78 is 26.3. The third-order valence-corrected chi connectivity index (χ3v) is 1.64. The minimum Gasteiger partial charge on any atom is -0.390 e. The molecule has 1 rings (SSSR count). The summed E-state index contributed by atoms with van der Waals surface area (Å²) >= 11 is 0. The molecule has 1 heterocycles. The molecule has 0 spiro atoms. The number of carbonyl (C=O) groups excluding carboxylic acids is 1. The lowest BCUT2D eigenvalue weighted by molar-refractivity contribution is -0.124. The van der Waals surface area contributed by atoms with E-state index in [0.29, 0.717) is 0 Å². The van der Waals surface area contributed by atoms with Gasteiger partial charge in [-0.2, -0.15) is 5.10 Å². The number of amides is 1. The fourth-order valence-corrected chi connectivity index (χ4v) is 0.881. The summed E-state index contributed by atoms with van der Waals surface area (Å²) in [7, 11) is 0. The lowest BCUT2D eigenvalue weighted by Gasteiger charge is -2.13. The van der Waals surface area contributed by atoms with Crippen molar-refractivity contribution in [2.24, 2.45) is 0 Å². The van der Waals surface area contributed by atoms with Crippen molar-refractivity contribution in [2.75, 3.05) is 13.2 Å². The number of aromatic nitrogens is 2. The van der Waals surface area contributed by atoms with E-state index in [0.717, 1.165) is 0 Å². The van der Waals surface area contributed by atoms with E-state index in [9.17, 15) is 13.6 Å². The Balaban J connectivity index is 2.31. The van der Waals surface area contributed by atoms with Crippen LogP contribution in [0.1, 0.15) is 0 Å². The van der Waals surface area contributed by atoms with Crippen molar-refractivity contribution in [1.82, 2.24) is 15.1 Å². The van der Waals surface area contributed by atoms with Gasteiger partial charge in [0, 0.05) is 12.4 Å². The molecule has 0 aromatic carbocycles. The normalized spacial score (nSPS) is 11.4. The van der Waals surface area contributed by atoms with Crippen LogP contribution in [0, 0.1) is 0 Å². The Hall–Kier alpha value is -1.50. The summed E-state index contributed by atoms with van der Waals surface area (Å²) in [5, 5.41) is 14.0. The summed E-state index contributed by atoms with van der Waals surface area (Å²) in [6.07, 6.45) is 3.03. The van der Waals surface area contributed by atoms with Crippen LogP contribution >= 0.6 is 0 Å². The summed E-state index contributed by atoms with van der Waals surface area (Å²) in [6, 6.07) is 1.62. The van der Waals surface area contributed by atoms with Crippen molar-refractivity contribution >= 4 is 5.91 Å². The zero-order valence-corrected chi connectivity index (χ0v) is 7.86. The van der Waals surface area contributed by atoms with Gasteiger partial charge in [-0.15, -0.1) is 0 Å². The van der Waals surface area contributed by atoms with Gasteiger partial charge < -0.3 is 10.4 Å². The zero-order valence-electron chi connectivity index (χ0n) is 7.86. The Kier molecular flexibility index (Phi) is 3.73. The van der Waals surface area contributed by atoms with Gasteiger partial charge >= 0.3 is 0 Å². The lowest BCUT2D eigenvalue weighted by Crippen LogP contribution is -2.40. The molecule has 0 aliphatic rings. The number of nitrogens with one attached hydrogen (secondary N) is 1. The van der Waals surface area contributed by atoms with Crippen LogP contribution in [0.15, 0.2) is 18.5 Å². The van der Waals surface area contributed by atoms with Crippen LogP contribution in [-0.2, 0) is 11.3 Å². The largest absolute Gasteiger partial charge is 0.390 e. The number of rotatable bonds is 5. The summed E-state index contributed by atoms with van der Waals surface area (Å²) in [6.45, 7) is -2.27. The number of halogens is 2. The number of alkyl halides is 2. The van der Waals surface area contributed by atoms with Gasteiger partial charge in [-0.3, -0.25) is 9.48 Å². The predicted octanol–water partition coefficient (Wildman–Crippen LogP) is -0.373. The third-order valence-electron chi connectivity index (χ3n) is 1.64. The molecule has 5 nitrogen and oxygen atoms in total. The van der Waals surface area contributed by atoms with Crippen molar-refractivity contribution in [3.05, 3.63) is 18.5 Å². The Bertz CT molecular complexity index is 314. The van der Waals surface area contributed by atoms with Gasteiger partial charge in [-0.05, 0) is 6.07 Å². The average molecular weight is 219 g/mol. The summed E-state index contributed by atoms with van der Waals surface area (Å²) in [4.78, 5) is 11.1. The molecule has 0 aliphatic carbocycles. The summed E-state index contributed by atoms with van der Waals surface area (Å²) in [5.41, 5.74) is 0. The standard InChI is InChI=1S/C8H11F2N3O2/c9-8(10,6-14)5-11-7(15)4-13-3-1-2-12-13/h1-3,14H,4-6H2,(H,11,15). The second-order valence-electron chi connectivity index (χ2n) is 2.99. The number of hydrogen-bond acceptors (Lipinski definition) is 3. The van der Waals surface area contributed by atoms with Crippen LogP contribution in [0.4, 0.5) is 8.78 Å². The van der Waals surface area contributed by atoms with E-state index in [-0.39, 0.29) is 6.54 Å². The molecule has 15 heavy (non-hydrogen) atoms. The van der Waals surface area contributed by atoms with E-state index in [2.05, 4.69) is 5.10 Å². The van der Waals surface area contributed by atoms with Crippen LogP contribution in [0.5, 0.6) is 0 Å². The maximum Gasteiger partial charge on any atom is 0.287 e. The van der Waals surface area contributed by atoms with Gasteiger partial charge in [0.05, 0.1) is 6.54 Å². The molecule has 0 saturated heterocycles. The molecule has 0 bridgehead atoms. The van der Waals surface area contributed by atoms with Gasteiger partial charge in [0.2, 0.25) is 5.91 Å². The fourth-order valence-electron chi connectivity index (χ4n) is 0.881. The minimum absolute atomic E-state index is 0.117. The third kappa shape index (κ3) is 4.03. The maximum absolute atomic E-state index is 12.5. The smallest absolute Gasteiger partial charge is 0.287 e. The second-order valence-corrected chi connectivity index (χ2v) is 2.99. The van der Waals surface area contributed by atoms with Crippen LogP contribution in [0.2, 0.25) is 0 Å². The zero-order chi connectivity index (χ0) is 11.3. The van der Waals surface area contributed by atoms with Crippen molar-refractivity contribution in [1.29, 1.82) is 0 Å². The van der Waals surface area contributed by atoms with Crippen molar-refractivity contribution < 1.29 is 18.7 Å². The Morgan fingerprint density at radius 3 is 2.87 bits per heavy atom.